The second kappa shape index (κ2) is 11.4. The molecule has 1 aromatic carbocycles. The number of nitrogens with zero attached hydrogens (tertiary/aromatic N) is 1. The number of hydroxylamine groups is 1. The number of ether oxygens (including phenoxy) is 1. The molecule has 0 aromatic heterocycles. The first-order chi connectivity index (χ1) is 14.3. The highest BCUT2D eigenvalue weighted by Gasteiger charge is 2.32. The van der Waals surface area contributed by atoms with Crippen LogP contribution in [0.4, 0.5) is 10.5 Å². The van der Waals surface area contributed by atoms with E-state index in [0.29, 0.717) is 23.9 Å². The van der Waals surface area contributed by atoms with Crippen LogP contribution in [-0.4, -0.2) is 54.2 Å². The number of benzene rings is 1. The summed E-state index contributed by atoms with van der Waals surface area (Å²) in [5, 5.41) is 14.3. The number of anilines is 1. The number of carbonyl (C=O) groups excluding carboxylic acids is 3. The third kappa shape index (κ3) is 6.62. The largest absolute Gasteiger partial charge is 0.495 e. The van der Waals surface area contributed by atoms with Crippen LogP contribution in [0.5, 0.6) is 5.75 Å². The van der Waals surface area contributed by atoms with E-state index in [9.17, 15) is 14.4 Å². The van der Waals surface area contributed by atoms with Gasteiger partial charge in [-0.1, -0.05) is 38.8 Å². The average Bonchev–Trinajstić information content (AvgIpc) is 3.24. The number of rotatable bonds is 9. The first kappa shape index (κ1) is 23.5. The van der Waals surface area contributed by atoms with E-state index < -0.39 is 18.0 Å². The Labute approximate surface area is 177 Å². The second-order valence-corrected chi connectivity index (χ2v) is 7.92. The van der Waals surface area contributed by atoms with E-state index in [-0.39, 0.29) is 18.4 Å². The molecular weight excluding hydrogens is 388 g/mol. The van der Waals surface area contributed by atoms with Gasteiger partial charge in [0, 0.05) is 6.54 Å². The fourth-order valence-corrected chi connectivity index (χ4v) is 3.70. The smallest absolute Gasteiger partial charge is 0.320 e. The summed E-state index contributed by atoms with van der Waals surface area (Å²) < 4.78 is 5.23. The Morgan fingerprint density at radius 1 is 1.20 bits per heavy atom. The molecule has 1 aliphatic carbocycles. The Bertz CT molecular complexity index is 734. The number of para-hydroxylation sites is 2. The van der Waals surface area contributed by atoms with Crippen LogP contribution in [0.25, 0.3) is 0 Å². The van der Waals surface area contributed by atoms with Crippen molar-refractivity contribution in [1.82, 2.24) is 15.7 Å². The highest BCUT2D eigenvalue weighted by atomic mass is 16.5. The molecule has 4 amide bonds. The van der Waals surface area contributed by atoms with Crippen molar-refractivity contribution in [2.24, 2.45) is 11.8 Å². The van der Waals surface area contributed by atoms with Crippen molar-refractivity contribution >= 4 is 23.5 Å². The van der Waals surface area contributed by atoms with Crippen LogP contribution in [-0.2, 0) is 9.59 Å². The fraction of sp³-hybridized carbons (Fsp3) is 0.571. The van der Waals surface area contributed by atoms with Gasteiger partial charge in [-0.3, -0.25) is 14.8 Å². The molecule has 2 rings (SSSR count). The van der Waals surface area contributed by atoms with E-state index in [0.717, 1.165) is 25.7 Å². The predicted octanol–water partition coefficient (Wildman–Crippen LogP) is 2.37. The van der Waals surface area contributed by atoms with Crippen molar-refractivity contribution in [3.8, 4) is 5.75 Å². The molecule has 30 heavy (non-hydrogen) atoms. The lowest BCUT2D eigenvalue weighted by Gasteiger charge is -2.31. The van der Waals surface area contributed by atoms with Gasteiger partial charge in [-0.15, -0.1) is 0 Å². The lowest BCUT2D eigenvalue weighted by atomic mass is 10.0. The monoisotopic (exact) mass is 420 g/mol. The SMILES string of the molecule is COc1ccccc1NC(=O)N[C@H](C(=O)N(CC(=O)NO)CC1CCCC1)C(C)C. The number of hydrogen-bond donors (Lipinski definition) is 4. The Balaban J connectivity index is 2.11. The molecule has 1 fully saturated rings. The van der Waals surface area contributed by atoms with Crippen molar-refractivity contribution in [3.63, 3.8) is 0 Å². The van der Waals surface area contributed by atoms with Crippen molar-refractivity contribution in [1.29, 1.82) is 0 Å². The van der Waals surface area contributed by atoms with Gasteiger partial charge in [-0.2, -0.15) is 0 Å². The Kier molecular flexibility index (Phi) is 8.91. The van der Waals surface area contributed by atoms with Gasteiger partial charge in [0.25, 0.3) is 5.91 Å². The topological polar surface area (TPSA) is 120 Å². The molecule has 1 aromatic rings. The zero-order chi connectivity index (χ0) is 22.1. The molecular formula is C21H32N4O5. The molecule has 1 aliphatic rings. The lowest BCUT2D eigenvalue weighted by molar-refractivity contribution is -0.141. The molecule has 9 heteroatoms. The van der Waals surface area contributed by atoms with Crippen molar-refractivity contribution in [3.05, 3.63) is 24.3 Å². The molecule has 0 bridgehead atoms. The minimum atomic E-state index is -0.826. The zero-order valence-electron chi connectivity index (χ0n) is 17.8. The summed E-state index contributed by atoms with van der Waals surface area (Å²) >= 11 is 0. The maximum atomic E-state index is 13.2. The molecule has 0 heterocycles. The van der Waals surface area contributed by atoms with Crippen LogP contribution in [0.1, 0.15) is 39.5 Å². The van der Waals surface area contributed by atoms with Gasteiger partial charge in [0.1, 0.15) is 18.3 Å². The van der Waals surface area contributed by atoms with E-state index in [1.165, 1.54) is 12.0 Å². The summed E-state index contributed by atoms with van der Waals surface area (Å²) in [6.45, 7) is 3.81. The predicted molar refractivity (Wildman–Crippen MR) is 112 cm³/mol. The van der Waals surface area contributed by atoms with Gasteiger partial charge in [0.05, 0.1) is 12.8 Å². The summed E-state index contributed by atoms with van der Waals surface area (Å²) in [5.41, 5.74) is 2.06. The van der Waals surface area contributed by atoms with E-state index in [1.54, 1.807) is 29.7 Å². The summed E-state index contributed by atoms with van der Waals surface area (Å²) in [7, 11) is 1.51. The molecule has 0 saturated heterocycles. The minimum absolute atomic E-state index is 0.204. The molecule has 0 unspecified atom stereocenters. The van der Waals surface area contributed by atoms with Crippen LogP contribution >= 0.6 is 0 Å². The third-order valence-electron chi connectivity index (χ3n) is 5.30. The van der Waals surface area contributed by atoms with E-state index in [2.05, 4.69) is 10.6 Å². The molecule has 166 valence electrons. The number of carbonyl (C=O) groups is 3. The maximum absolute atomic E-state index is 13.2. The molecule has 0 radical (unpaired) electrons. The summed E-state index contributed by atoms with van der Waals surface area (Å²) in [4.78, 5) is 39.0. The highest BCUT2D eigenvalue weighted by Crippen LogP contribution is 2.26. The van der Waals surface area contributed by atoms with E-state index in [1.807, 2.05) is 13.8 Å². The number of hydrogen-bond acceptors (Lipinski definition) is 5. The third-order valence-corrected chi connectivity index (χ3v) is 5.30. The summed E-state index contributed by atoms with van der Waals surface area (Å²) in [6.07, 6.45) is 4.20. The first-order valence-corrected chi connectivity index (χ1v) is 10.3. The molecule has 0 aliphatic heterocycles. The van der Waals surface area contributed by atoms with E-state index in [4.69, 9.17) is 9.94 Å². The Morgan fingerprint density at radius 2 is 1.87 bits per heavy atom. The summed E-state index contributed by atoms with van der Waals surface area (Å²) in [5.74, 6) is -0.402. The van der Waals surface area contributed by atoms with Gasteiger partial charge >= 0.3 is 6.03 Å². The quantitative estimate of drug-likeness (QED) is 0.361. The van der Waals surface area contributed by atoms with Gasteiger partial charge < -0.3 is 20.3 Å². The van der Waals surface area contributed by atoms with Gasteiger partial charge in [-0.05, 0) is 36.8 Å². The van der Waals surface area contributed by atoms with Crippen LogP contribution < -0.4 is 20.9 Å². The lowest BCUT2D eigenvalue weighted by Crippen LogP contribution is -2.54. The average molecular weight is 421 g/mol. The number of amides is 4. The summed E-state index contributed by atoms with van der Waals surface area (Å²) in [6, 6.07) is 5.60. The van der Waals surface area contributed by atoms with Crippen LogP contribution in [0.15, 0.2) is 24.3 Å². The van der Waals surface area contributed by atoms with Gasteiger partial charge in [0.2, 0.25) is 5.91 Å². The molecule has 1 saturated carbocycles. The van der Waals surface area contributed by atoms with Gasteiger partial charge in [-0.25, -0.2) is 10.3 Å². The normalized spacial score (nSPS) is 14.8. The molecule has 1 atom stereocenters. The van der Waals surface area contributed by atoms with E-state index >= 15 is 0 Å². The Morgan fingerprint density at radius 3 is 2.47 bits per heavy atom. The fourth-order valence-electron chi connectivity index (χ4n) is 3.70. The van der Waals surface area contributed by atoms with Crippen LogP contribution in [0, 0.1) is 11.8 Å². The first-order valence-electron chi connectivity index (χ1n) is 10.3. The second-order valence-electron chi connectivity index (χ2n) is 7.92. The molecule has 0 spiro atoms. The van der Waals surface area contributed by atoms with Crippen LogP contribution in [0.2, 0.25) is 0 Å². The number of nitrogens with one attached hydrogen (secondary N) is 3. The van der Waals surface area contributed by atoms with Crippen molar-refractivity contribution < 1.29 is 24.3 Å². The Hall–Kier alpha value is -2.81. The minimum Gasteiger partial charge on any atom is -0.495 e. The zero-order valence-corrected chi connectivity index (χ0v) is 17.8. The van der Waals surface area contributed by atoms with Crippen molar-refractivity contribution in [2.75, 3.05) is 25.5 Å². The van der Waals surface area contributed by atoms with Crippen molar-refractivity contribution in [2.45, 2.75) is 45.6 Å². The highest BCUT2D eigenvalue weighted by molar-refractivity contribution is 5.95. The standard InChI is InChI=1S/C21H32N4O5/c1-14(2)19(23-21(28)22-16-10-6-7-11-17(16)30-3)20(27)25(13-18(26)24-29)12-15-8-4-5-9-15/h6-7,10-11,14-15,19,29H,4-5,8-9,12-13H2,1-3H3,(H,24,26)(H2,22,23,28)/t19-/m0/s1. The number of methoxy groups -OCH3 is 1. The van der Waals surface area contributed by atoms with Gasteiger partial charge in [0.15, 0.2) is 0 Å². The van der Waals surface area contributed by atoms with Crippen LogP contribution in [0.3, 0.4) is 0 Å². The molecule has 4 N–H and O–H groups in total. The number of urea groups is 1. The molecule has 9 nitrogen and oxygen atoms in total. The maximum Gasteiger partial charge on any atom is 0.320 e.